The van der Waals surface area contributed by atoms with Gasteiger partial charge in [-0.1, -0.05) is 18.2 Å². The molecule has 0 aliphatic carbocycles. The van der Waals surface area contributed by atoms with Crippen LogP contribution in [0.5, 0.6) is 0 Å². The molecule has 11 heteroatoms. The number of nitro benzene ring substituents is 2. The van der Waals surface area contributed by atoms with Gasteiger partial charge in [0, 0.05) is 35.2 Å². The Labute approximate surface area is 191 Å². The van der Waals surface area contributed by atoms with Gasteiger partial charge in [0.15, 0.2) is 5.16 Å². The smallest absolute Gasteiger partial charge is 0.283 e. The third-order valence-corrected chi connectivity index (χ3v) is 5.27. The Hall–Kier alpha value is -4.43. The van der Waals surface area contributed by atoms with E-state index in [4.69, 9.17) is 0 Å². The Morgan fingerprint density at radius 2 is 1.73 bits per heavy atom. The fourth-order valence-corrected chi connectivity index (χ4v) is 3.87. The largest absolute Gasteiger partial charge is 0.288 e. The molecule has 0 fully saturated rings. The van der Waals surface area contributed by atoms with Gasteiger partial charge in [-0.25, -0.2) is 9.97 Å². The zero-order valence-corrected chi connectivity index (χ0v) is 18.2. The molecule has 0 spiro atoms. The van der Waals surface area contributed by atoms with Crippen LogP contribution in [0.2, 0.25) is 0 Å². The number of non-ortho nitro benzene ring substituents is 1. The minimum absolute atomic E-state index is 0.0364. The number of hydrogen-bond acceptors (Lipinski definition) is 9. The number of aromatic nitrogens is 2. The highest BCUT2D eigenvalue weighted by molar-refractivity contribution is 7.99. The zero-order valence-electron chi connectivity index (χ0n) is 17.4. The van der Waals surface area contributed by atoms with Crippen LogP contribution in [0.15, 0.2) is 64.2 Å². The molecule has 3 aromatic rings. The molecule has 0 radical (unpaired) electrons. The predicted molar refractivity (Wildman–Crippen MR) is 120 cm³/mol. The Kier molecular flexibility index (Phi) is 6.90. The third kappa shape index (κ3) is 5.63. The number of Topliss-reactive ketones (excluding diaryl/α,β-unsaturated/α-hetero) is 1. The predicted octanol–water partition coefficient (Wildman–Crippen LogP) is 4.85. The van der Waals surface area contributed by atoms with Crippen LogP contribution < -0.4 is 0 Å². The van der Waals surface area contributed by atoms with E-state index in [9.17, 15) is 30.3 Å². The summed E-state index contributed by atoms with van der Waals surface area (Å²) in [5, 5.41) is 32.4. The van der Waals surface area contributed by atoms with E-state index in [0.717, 1.165) is 29.2 Å². The van der Waals surface area contributed by atoms with Crippen LogP contribution >= 0.6 is 11.8 Å². The number of carbonyl (C=O) groups is 1. The molecule has 0 atom stereocenters. The molecule has 0 bridgehead atoms. The fraction of sp³-hybridized carbons (Fsp3) is 0.0909. The number of benzene rings is 2. The number of nitro groups is 2. The first-order valence-electron chi connectivity index (χ1n) is 9.37. The summed E-state index contributed by atoms with van der Waals surface area (Å²) < 4.78 is 0. The molecule has 0 saturated heterocycles. The van der Waals surface area contributed by atoms with Crippen LogP contribution in [0, 0.1) is 45.4 Å². The lowest BCUT2D eigenvalue weighted by Gasteiger charge is -2.05. The van der Waals surface area contributed by atoms with E-state index in [2.05, 4.69) is 9.97 Å². The second-order valence-electron chi connectivity index (χ2n) is 6.83. The van der Waals surface area contributed by atoms with Crippen molar-refractivity contribution in [2.75, 3.05) is 0 Å². The van der Waals surface area contributed by atoms with Crippen LogP contribution in [-0.2, 0) is 0 Å². The van der Waals surface area contributed by atoms with Gasteiger partial charge in [-0.2, -0.15) is 5.26 Å². The van der Waals surface area contributed by atoms with Gasteiger partial charge in [-0.3, -0.25) is 25.0 Å². The van der Waals surface area contributed by atoms with Crippen LogP contribution in [0.4, 0.5) is 11.4 Å². The number of hydrogen-bond donors (Lipinski definition) is 0. The third-order valence-electron chi connectivity index (χ3n) is 4.34. The quantitative estimate of drug-likeness (QED) is 0.120. The number of nitriles is 1. The number of rotatable bonds is 7. The van der Waals surface area contributed by atoms with E-state index in [-0.39, 0.29) is 28.1 Å². The van der Waals surface area contributed by atoms with Crippen molar-refractivity contribution in [3.05, 3.63) is 96.8 Å². The minimum Gasteiger partial charge on any atom is -0.288 e. The van der Waals surface area contributed by atoms with Gasteiger partial charge in [0.05, 0.1) is 14.7 Å². The lowest BCUT2D eigenvalue weighted by Crippen LogP contribution is -2.03. The van der Waals surface area contributed by atoms with E-state index in [0.29, 0.717) is 10.1 Å². The molecule has 1 aromatic heterocycles. The van der Waals surface area contributed by atoms with Crippen molar-refractivity contribution in [1.29, 1.82) is 5.26 Å². The molecule has 164 valence electrons. The second kappa shape index (κ2) is 9.80. The van der Waals surface area contributed by atoms with Gasteiger partial charge >= 0.3 is 0 Å². The van der Waals surface area contributed by atoms with Gasteiger partial charge < -0.3 is 0 Å². The molecule has 0 aliphatic rings. The fourth-order valence-electron chi connectivity index (χ4n) is 2.92. The second-order valence-corrected chi connectivity index (χ2v) is 7.84. The normalized spacial score (nSPS) is 11.0. The first kappa shape index (κ1) is 23.2. The standard InChI is InChI=1S/C22H15N5O5S/c1-13-8-14(2)25-22(24-13)33-20-7-6-15(10-19(20)27(31)32)9-17(12-23)21(28)16-4-3-5-18(11-16)26(29)30/h3-11H,1-2H3. The maximum atomic E-state index is 12.7. The summed E-state index contributed by atoms with van der Waals surface area (Å²) >= 11 is 1.03. The first-order chi connectivity index (χ1) is 15.7. The number of carbonyl (C=O) groups excluding carboxylic acids is 1. The molecule has 3 rings (SSSR count). The van der Waals surface area contributed by atoms with E-state index in [1.807, 2.05) is 0 Å². The Bertz CT molecular complexity index is 1340. The molecule has 10 nitrogen and oxygen atoms in total. The summed E-state index contributed by atoms with van der Waals surface area (Å²) in [6.07, 6.45) is 1.20. The maximum absolute atomic E-state index is 12.7. The topological polar surface area (TPSA) is 153 Å². The highest BCUT2D eigenvalue weighted by Gasteiger charge is 2.19. The molecule has 0 N–H and O–H groups in total. The summed E-state index contributed by atoms with van der Waals surface area (Å²) in [5.74, 6) is -0.731. The Balaban J connectivity index is 1.96. The van der Waals surface area contributed by atoms with Crippen molar-refractivity contribution in [2.45, 2.75) is 23.9 Å². The van der Waals surface area contributed by atoms with Crippen LogP contribution in [0.3, 0.4) is 0 Å². The highest BCUT2D eigenvalue weighted by Crippen LogP contribution is 2.34. The molecule has 33 heavy (non-hydrogen) atoms. The van der Waals surface area contributed by atoms with Crippen molar-refractivity contribution in [1.82, 2.24) is 9.97 Å². The number of aryl methyl sites for hydroxylation is 2. The van der Waals surface area contributed by atoms with E-state index in [1.165, 1.54) is 42.5 Å². The lowest BCUT2D eigenvalue weighted by molar-refractivity contribution is -0.387. The van der Waals surface area contributed by atoms with Gasteiger partial charge in [0.1, 0.15) is 11.6 Å². The van der Waals surface area contributed by atoms with Crippen LogP contribution in [0.25, 0.3) is 6.08 Å². The summed E-state index contributed by atoms with van der Waals surface area (Å²) in [4.78, 5) is 42.9. The van der Waals surface area contributed by atoms with Crippen LogP contribution in [0.1, 0.15) is 27.3 Å². The minimum atomic E-state index is -0.731. The first-order valence-corrected chi connectivity index (χ1v) is 10.2. The maximum Gasteiger partial charge on any atom is 0.283 e. The Morgan fingerprint density at radius 3 is 2.33 bits per heavy atom. The van der Waals surface area contributed by atoms with E-state index in [1.54, 1.807) is 26.0 Å². The van der Waals surface area contributed by atoms with Crippen molar-refractivity contribution >= 4 is 35.0 Å². The molecule has 0 unspecified atom stereocenters. The van der Waals surface area contributed by atoms with Crippen molar-refractivity contribution < 1.29 is 14.6 Å². The molecule has 1 heterocycles. The summed E-state index contributed by atoms with van der Waals surface area (Å²) in [5.41, 5.74) is 0.827. The molecule has 0 amide bonds. The SMILES string of the molecule is Cc1cc(C)nc(Sc2ccc(C=C(C#N)C(=O)c3cccc([N+](=O)[O-])c3)cc2[N+](=O)[O-])n1. The average Bonchev–Trinajstić information content (AvgIpc) is 2.77. The molecule has 0 aliphatic heterocycles. The van der Waals surface area contributed by atoms with Gasteiger partial charge in [0.25, 0.3) is 11.4 Å². The van der Waals surface area contributed by atoms with Gasteiger partial charge in [-0.15, -0.1) is 0 Å². The number of ketones is 1. The summed E-state index contributed by atoms with van der Waals surface area (Å²) in [6.45, 7) is 3.59. The van der Waals surface area contributed by atoms with E-state index >= 15 is 0 Å². The molecular weight excluding hydrogens is 446 g/mol. The van der Waals surface area contributed by atoms with Crippen molar-refractivity contribution in [3.63, 3.8) is 0 Å². The zero-order chi connectivity index (χ0) is 24.1. The molecular formula is C22H15N5O5S. The summed E-state index contributed by atoms with van der Waals surface area (Å²) in [6, 6.07) is 12.8. The summed E-state index contributed by atoms with van der Waals surface area (Å²) in [7, 11) is 0. The average molecular weight is 461 g/mol. The Morgan fingerprint density at radius 1 is 1.03 bits per heavy atom. The van der Waals surface area contributed by atoms with Gasteiger partial charge in [0.2, 0.25) is 5.78 Å². The number of nitrogens with zero attached hydrogens (tertiary/aromatic N) is 5. The lowest BCUT2D eigenvalue weighted by atomic mass is 10.0. The van der Waals surface area contributed by atoms with Crippen molar-refractivity contribution in [2.24, 2.45) is 0 Å². The highest BCUT2D eigenvalue weighted by atomic mass is 32.2. The van der Waals surface area contributed by atoms with Gasteiger partial charge in [-0.05, 0) is 49.4 Å². The van der Waals surface area contributed by atoms with E-state index < -0.39 is 15.6 Å². The van der Waals surface area contributed by atoms with Crippen molar-refractivity contribution in [3.8, 4) is 6.07 Å². The number of allylic oxidation sites excluding steroid dienone is 1. The molecule has 0 saturated carbocycles. The molecule has 2 aromatic carbocycles. The van der Waals surface area contributed by atoms with Crippen LogP contribution in [-0.4, -0.2) is 25.6 Å². The monoisotopic (exact) mass is 461 g/mol.